The van der Waals surface area contributed by atoms with Gasteiger partial charge in [0.25, 0.3) is 0 Å². The molecule has 2 aromatic rings. The van der Waals surface area contributed by atoms with E-state index in [-0.39, 0.29) is 0 Å². The standard InChI is InChI=1S/C11H14N4S.CH4N2O/c1-14-3-2-9-10(14)12-8-13-11(9)15-4-6-16-7-5-15;2-1(3)4/h2-3,8H,4-7H2,1H3;(H4,2,3,4). The minimum Gasteiger partial charge on any atom is -0.354 e. The van der Waals surface area contributed by atoms with Gasteiger partial charge in [-0.1, -0.05) is 0 Å². The maximum absolute atomic E-state index is 9.00. The van der Waals surface area contributed by atoms with Gasteiger partial charge in [0, 0.05) is 37.8 Å². The van der Waals surface area contributed by atoms with E-state index in [1.807, 2.05) is 29.6 Å². The molecule has 7 nitrogen and oxygen atoms in total. The smallest absolute Gasteiger partial charge is 0.309 e. The Morgan fingerprint density at radius 1 is 1.30 bits per heavy atom. The van der Waals surface area contributed by atoms with Crippen molar-refractivity contribution in [2.45, 2.75) is 0 Å². The van der Waals surface area contributed by atoms with Gasteiger partial charge in [-0.25, -0.2) is 14.8 Å². The predicted molar refractivity (Wildman–Crippen MR) is 81.8 cm³/mol. The molecule has 1 fully saturated rings. The monoisotopic (exact) mass is 294 g/mol. The van der Waals surface area contributed by atoms with E-state index in [0.29, 0.717) is 0 Å². The van der Waals surface area contributed by atoms with Crippen molar-refractivity contribution in [3.63, 3.8) is 0 Å². The second-order valence-electron chi connectivity index (χ2n) is 4.36. The van der Waals surface area contributed by atoms with Crippen LogP contribution in [0.25, 0.3) is 11.0 Å². The Morgan fingerprint density at radius 3 is 2.60 bits per heavy atom. The molecule has 20 heavy (non-hydrogen) atoms. The summed E-state index contributed by atoms with van der Waals surface area (Å²) in [4.78, 5) is 20.1. The third-order valence-corrected chi connectivity index (χ3v) is 3.89. The summed E-state index contributed by atoms with van der Waals surface area (Å²) in [5.41, 5.74) is 9.52. The minimum atomic E-state index is -0.833. The average molecular weight is 294 g/mol. The first-order valence-electron chi connectivity index (χ1n) is 6.23. The molecule has 0 aliphatic carbocycles. The molecule has 0 spiro atoms. The van der Waals surface area contributed by atoms with Crippen LogP contribution in [0.2, 0.25) is 0 Å². The zero-order valence-electron chi connectivity index (χ0n) is 11.3. The van der Waals surface area contributed by atoms with Crippen LogP contribution in [0.3, 0.4) is 0 Å². The Hall–Kier alpha value is -1.96. The molecule has 0 bridgehead atoms. The molecule has 108 valence electrons. The lowest BCUT2D eigenvalue weighted by Gasteiger charge is -2.27. The van der Waals surface area contributed by atoms with Crippen LogP contribution in [-0.4, -0.2) is 45.2 Å². The quantitative estimate of drug-likeness (QED) is 0.799. The van der Waals surface area contributed by atoms with E-state index in [4.69, 9.17) is 4.79 Å². The lowest BCUT2D eigenvalue weighted by Crippen LogP contribution is -2.33. The molecule has 3 rings (SSSR count). The molecule has 4 N–H and O–H groups in total. The Balaban J connectivity index is 0.000000328. The number of carbonyl (C=O) groups is 1. The molecule has 0 unspecified atom stereocenters. The fourth-order valence-corrected chi connectivity index (χ4v) is 2.99. The second-order valence-corrected chi connectivity index (χ2v) is 5.59. The average Bonchev–Trinajstić information content (AvgIpc) is 2.81. The Bertz CT molecular complexity index is 589. The number of fused-ring (bicyclic) bond motifs is 1. The summed E-state index contributed by atoms with van der Waals surface area (Å²) in [7, 11) is 2.02. The summed E-state index contributed by atoms with van der Waals surface area (Å²) in [6.07, 6.45) is 3.71. The number of aromatic nitrogens is 3. The summed E-state index contributed by atoms with van der Waals surface area (Å²) in [5, 5.41) is 1.16. The topological polar surface area (TPSA) is 103 Å². The molecule has 1 aliphatic heterocycles. The number of urea groups is 1. The summed E-state index contributed by atoms with van der Waals surface area (Å²) < 4.78 is 2.04. The molecule has 0 aromatic carbocycles. The molecule has 0 atom stereocenters. The van der Waals surface area contributed by atoms with Crippen molar-refractivity contribution < 1.29 is 4.79 Å². The number of hydrogen-bond donors (Lipinski definition) is 2. The largest absolute Gasteiger partial charge is 0.354 e. The first-order chi connectivity index (χ1) is 9.59. The van der Waals surface area contributed by atoms with Crippen LogP contribution in [-0.2, 0) is 7.05 Å². The van der Waals surface area contributed by atoms with E-state index in [0.717, 1.165) is 29.9 Å². The van der Waals surface area contributed by atoms with Gasteiger partial charge < -0.3 is 20.9 Å². The molecular formula is C12H18N6OS. The fraction of sp³-hybridized carbons (Fsp3) is 0.417. The van der Waals surface area contributed by atoms with Crippen molar-refractivity contribution in [1.82, 2.24) is 14.5 Å². The van der Waals surface area contributed by atoms with Gasteiger partial charge in [-0.3, -0.25) is 0 Å². The predicted octanol–water partition coefficient (Wildman–Crippen LogP) is 0.545. The minimum absolute atomic E-state index is 0.833. The lowest BCUT2D eigenvalue weighted by molar-refractivity contribution is 0.256. The van der Waals surface area contributed by atoms with Gasteiger partial charge in [-0.05, 0) is 6.07 Å². The van der Waals surface area contributed by atoms with Gasteiger partial charge in [0.05, 0.1) is 5.39 Å². The van der Waals surface area contributed by atoms with E-state index in [2.05, 4.69) is 32.4 Å². The lowest BCUT2D eigenvalue weighted by atomic mass is 10.3. The SMILES string of the molecule is Cn1ccc2c(N3CCSCC3)ncnc21.NC(N)=O. The summed E-state index contributed by atoms with van der Waals surface area (Å²) in [6, 6.07) is 1.27. The van der Waals surface area contributed by atoms with Crippen molar-refractivity contribution in [2.24, 2.45) is 18.5 Å². The van der Waals surface area contributed by atoms with Crippen molar-refractivity contribution in [3.05, 3.63) is 18.6 Å². The fourth-order valence-electron chi connectivity index (χ4n) is 2.09. The van der Waals surface area contributed by atoms with Gasteiger partial charge in [-0.2, -0.15) is 11.8 Å². The number of anilines is 1. The second kappa shape index (κ2) is 6.47. The molecule has 8 heteroatoms. The zero-order valence-corrected chi connectivity index (χ0v) is 12.1. The molecule has 3 heterocycles. The summed E-state index contributed by atoms with van der Waals surface area (Å²) in [6.45, 7) is 2.18. The molecule has 0 radical (unpaired) electrons. The van der Waals surface area contributed by atoms with Crippen LogP contribution in [0, 0.1) is 0 Å². The van der Waals surface area contributed by atoms with E-state index >= 15 is 0 Å². The van der Waals surface area contributed by atoms with Crippen LogP contribution in [0.4, 0.5) is 10.6 Å². The number of nitrogens with zero attached hydrogens (tertiary/aromatic N) is 4. The molecule has 1 saturated heterocycles. The number of aryl methyl sites for hydroxylation is 1. The number of nitrogens with two attached hydrogens (primary N) is 2. The van der Waals surface area contributed by atoms with Crippen molar-refractivity contribution in [2.75, 3.05) is 29.5 Å². The number of amides is 2. The van der Waals surface area contributed by atoms with Gasteiger partial charge in [-0.15, -0.1) is 0 Å². The molecule has 2 amide bonds. The van der Waals surface area contributed by atoms with Crippen molar-refractivity contribution in [3.8, 4) is 0 Å². The highest BCUT2D eigenvalue weighted by Gasteiger charge is 2.16. The highest BCUT2D eigenvalue weighted by Crippen LogP contribution is 2.25. The first kappa shape index (κ1) is 14.4. The third-order valence-electron chi connectivity index (χ3n) is 2.95. The molecule has 0 saturated carbocycles. The van der Waals surface area contributed by atoms with Crippen LogP contribution >= 0.6 is 11.8 Å². The van der Waals surface area contributed by atoms with E-state index in [1.165, 1.54) is 11.5 Å². The highest BCUT2D eigenvalue weighted by molar-refractivity contribution is 7.99. The maximum Gasteiger partial charge on any atom is 0.309 e. The van der Waals surface area contributed by atoms with Crippen LogP contribution < -0.4 is 16.4 Å². The number of rotatable bonds is 1. The van der Waals surface area contributed by atoms with Crippen LogP contribution in [0.1, 0.15) is 0 Å². The van der Waals surface area contributed by atoms with Gasteiger partial charge in [0.15, 0.2) is 0 Å². The number of hydrogen-bond acceptors (Lipinski definition) is 5. The van der Waals surface area contributed by atoms with E-state index in [9.17, 15) is 0 Å². The highest BCUT2D eigenvalue weighted by atomic mass is 32.2. The third kappa shape index (κ3) is 3.32. The number of carbonyl (C=O) groups excluding carboxylic acids is 1. The molecule has 1 aliphatic rings. The van der Waals surface area contributed by atoms with Crippen LogP contribution in [0.15, 0.2) is 18.6 Å². The van der Waals surface area contributed by atoms with Crippen molar-refractivity contribution >= 4 is 34.6 Å². The van der Waals surface area contributed by atoms with E-state index in [1.54, 1.807) is 6.33 Å². The Morgan fingerprint density at radius 2 is 1.95 bits per heavy atom. The van der Waals surface area contributed by atoms with Crippen LogP contribution in [0.5, 0.6) is 0 Å². The number of thioether (sulfide) groups is 1. The molecular weight excluding hydrogens is 276 g/mol. The zero-order chi connectivity index (χ0) is 14.5. The van der Waals surface area contributed by atoms with Gasteiger partial charge in [0.1, 0.15) is 17.8 Å². The van der Waals surface area contributed by atoms with Gasteiger partial charge >= 0.3 is 6.03 Å². The van der Waals surface area contributed by atoms with Gasteiger partial charge in [0.2, 0.25) is 0 Å². The Kier molecular flexibility index (Phi) is 4.67. The Labute approximate surface area is 121 Å². The maximum atomic E-state index is 9.00. The normalized spacial score (nSPS) is 14.8. The van der Waals surface area contributed by atoms with E-state index < -0.39 is 6.03 Å². The molecule has 2 aromatic heterocycles. The first-order valence-corrected chi connectivity index (χ1v) is 7.38. The number of primary amides is 2. The summed E-state index contributed by atoms with van der Waals surface area (Å²) >= 11 is 2.01. The van der Waals surface area contributed by atoms with Crippen molar-refractivity contribution in [1.29, 1.82) is 0 Å². The summed E-state index contributed by atoms with van der Waals surface area (Å²) in [5.74, 6) is 3.47.